The van der Waals surface area contributed by atoms with Crippen LogP contribution in [0.25, 0.3) is 0 Å². The van der Waals surface area contributed by atoms with E-state index in [0.29, 0.717) is 12.0 Å². The van der Waals surface area contributed by atoms with Gasteiger partial charge in [-0.1, -0.05) is 98.8 Å². The van der Waals surface area contributed by atoms with E-state index >= 15 is 0 Å². The molecule has 41 heavy (non-hydrogen) atoms. The van der Waals surface area contributed by atoms with Crippen LogP contribution >= 0.6 is 0 Å². The van der Waals surface area contributed by atoms with Gasteiger partial charge in [0.25, 0.3) is 0 Å². The van der Waals surface area contributed by atoms with E-state index in [1.54, 1.807) is 24.3 Å². The summed E-state index contributed by atoms with van der Waals surface area (Å²) >= 11 is 0. The molecule has 3 rings (SSSR count). The molecule has 0 aliphatic rings. The molecule has 5 N–H and O–H groups in total. The van der Waals surface area contributed by atoms with Gasteiger partial charge in [-0.05, 0) is 28.1 Å². The normalized spacial score (nSPS) is 13.1. The van der Waals surface area contributed by atoms with Gasteiger partial charge in [0.05, 0.1) is 13.2 Å². The summed E-state index contributed by atoms with van der Waals surface area (Å²) in [7, 11) is -0.279. The summed E-state index contributed by atoms with van der Waals surface area (Å²) in [4.78, 5) is 39.6. The summed E-state index contributed by atoms with van der Waals surface area (Å²) in [5, 5.41) is 27.6. The molecule has 0 aliphatic heterocycles. The van der Waals surface area contributed by atoms with Gasteiger partial charge in [0, 0.05) is 19.4 Å². The van der Waals surface area contributed by atoms with Crippen molar-refractivity contribution in [2.45, 2.75) is 51.4 Å². The Balaban J connectivity index is 1.75. The highest BCUT2D eigenvalue weighted by atomic mass is 16.5. The number of methoxy groups -OCH3 is 1. The first kappa shape index (κ1) is 31.5. The van der Waals surface area contributed by atoms with Crippen molar-refractivity contribution >= 4 is 30.4 Å². The van der Waals surface area contributed by atoms with E-state index in [1.807, 2.05) is 74.5 Å². The fourth-order valence-electron chi connectivity index (χ4n) is 4.44. The minimum atomic E-state index is -1.55. The van der Waals surface area contributed by atoms with E-state index in [1.165, 1.54) is 7.11 Å². The van der Waals surface area contributed by atoms with Gasteiger partial charge in [-0.25, -0.2) is 4.79 Å². The van der Waals surface area contributed by atoms with Crippen LogP contribution in [0.15, 0.2) is 84.9 Å². The molecular formula is C31H38BN3O6. The molecule has 0 unspecified atom stereocenters. The smallest absolute Gasteiger partial charge is 0.467 e. The molecule has 3 aromatic carbocycles. The number of nitrogens with one attached hydrogen (secondary N) is 3. The molecule has 0 saturated heterocycles. The summed E-state index contributed by atoms with van der Waals surface area (Å²) in [6.45, 7) is 4.17. The predicted octanol–water partition coefficient (Wildman–Crippen LogP) is 1.11. The first-order valence-corrected chi connectivity index (χ1v) is 13.6. The second-order valence-corrected chi connectivity index (χ2v) is 10.2. The second-order valence-electron chi connectivity index (χ2n) is 10.2. The highest BCUT2D eigenvalue weighted by molar-refractivity contribution is 6.58. The molecule has 0 aliphatic carbocycles. The lowest BCUT2D eigenvalue weighted by molar-refractivity contribution is -0.145. The molecule has 0 fully saturated rings. The van der Waals surface area contributed by atoms with Crippen molar-refractivity contribution in [2.75, 3.05) is 7.11 Å². The first-order valence-electron chi connectivity index (χ1n) is 13.6. The van der Waals surface area contributed by atoms with Crippen LogP contribution < -0.4 is 21.4 Å². The minimum Gasteiger partial charge on any atom is -0.467 e. The van der Waals surface area contributed by atoms with Crippen molar-refractivity contribution in [3.05, 3.63) is 102 Å². The maximum atomic E-state index is 13.6. The van der Waals surface area contributed by atoms with Crippen LogP contribution in [0.3, 0.4) is 0 Å². The molecule has 3 atom stereocenters. The molecule has 0 heterocycles. The van der Waals surface area contributed by atoms with E-state index in [0.717, 1.165) is 16.7 Å². The quantitative estimate of drug-likeness (QED) is 0.147. The summed E-state index contributed by atoms with van der Waals surface area (Å²) in [6.07, 6.45) is 0.473. The van der Waals surface area contributed by atoms with Gasteiger partial charge in [0.15, 0.2) is 0 Å². The molecule has 0 aromatic heterocycles. The Morgan fingerprint density at radius 1 is 0.732 bits per heavy atom. The average molecular weight is 559 g/mol. The van der Waals surface area contributed by atoms with E-state index in [9.17, 15) is 24.4 Å². The lowest BCUT2D eigenvalue weighted by Crippen LogP contribution is -2.57. The number of hydrogen-bond acceptors (Lipinski definition) is 7. The number of ether oxygens (including phenoxy) is 1. The monoisotopic (exact) mass is 559 g/mol. The SMILES string of the molecule is COC(=O)[C@H](Cc1ccccc1)NC(=O)[C@H](Cc1ccccc1)NC(=O)[C@@H](NCc1ccc(B(O)O)cc1)C(C)C. The van der Waals surface area contributed by atoms with Gasteiger partial charge in [-0.2, -0.15) is 0 Å². The molecule has 216 valence electrons. The summed E-state index contributed by atoms with van der Waals surface area (Å²) in [6, 6.07) is 22.9. The zero-order valence-corrected chi connectivity index (χ0v) is 23.6. The van der Waals surface area contributed by atoms with Crippen molar-refractivity contribution in [3.8, 4) is 0 Å². The Hall–Kier alpha value is -3.99. The summed E-state index contributed by atoms with van der Waals surface area (Å²) < 4.78 is 4.95. The van der Waals surface area contributed by atoms with E-state index in [-0.39, 0.29) is 24.7 Å². The standard InChI is InChI=1S/C31H38BN3O6/c1-21(2)28(33-20-24-14-16-25(17-15-24)32(39)40)30(37)34-26(18-22-10-6-4-7-11-22)29(36)35-27(31(38)41-3)19-23-12-8-5-9-13-23/h4-17,21,26-28,33,39-40H,18-20H2,1-3H3,(H,34,37)(H,35,36)/t26-,27-,28-/m0/s1. The molecule has 9 nitrogen and oxygen atoms in total. The number of carbonyl (C=O) groups is 3. The van der Waals surface area contributed by atoms with E-state index in [4.69, 9.17) is 4.74 Å². The van der Waals surface area contributed by atoms with Gasteiger partial charge < -0.3 is 30.7 Å². The van der Waals surface area contributed by atoms with Gasteiger partial charge in [0.1, 0.15) is 12.1 Å². The number of benzene rings is 3. The Bertz CT molecular complexity index is 1260. The topological polar surface area (TPSA) is 137 Å². The Labute approximate surface area is 241 Å². The van der Waals surface area contributed by atoms with Gasteiger partial charge in [0.2, 0.25) is 11.8 Å². The minimum absolute atomic E-state index is 0.102. The fourth-order valence-corrected chi connectivity index (χ4v) is 4.44. The Kier molecular flexibility index (Phi) is 12.1. The van der Waals surface area contributed by atoms with Crippen LogP contribution in [0.2, 0.25) is 0 Å². The number of hydrogen-bond donors (Lipinski definition) is 5. The number of rotatable bonds is 14. The number of esters is 1. The molecule has 0 saturated carbocycles. The second kappa shape index (κ2) is 15.7. The fraction of sp³-hybridized carbons (Fsp3) is 0.323. The molecule has 0 spiro atoms. The van der Waals surface area contributed by atoms with E-state index < -0.39 is 37.1 Å². The van der Waals surface area contributed by atoms with Crippen molar-refractivity contribution in [3.63, 3.8) is 0 Å². The van der Waals surface area contributed by atoms with Crippen LogP contribution in [0, 0.1) is 5.92 Å². The summed E-state index contributed by atoms with van der Waals surface area (Å²) in [5.41, 5.74) is 2.94. The van der Waals surface area contributed by atoms with Crippen LogP contribution in [-0.2, 0) is 38.5 Å². The van der Waals surface area contributed by atoms with Gasteiger partial charge in [-0.15, -0.1) is 0 Å². The van der Waals surface area contributed by atoms with E-state index in [2.05, 4.69) is 16.0 Å². The third-order valence-corrected chi connectivity index (χ3v) is 6.75. The van der Waals surface area contributed by atoms with Gasteiger partial charge in [-0.3, -0.25) is 9.59 Å². The highest BCUT2D eigenvalue weighted by Crippen LogP contribution is 2.10. The van der Waals surface area contributed by atoms with Crippen molar-refractivity contribution in [1.29, 1.82) is 0 Å². The molecule has 10 heteroatoms. The highest BCUT2D eigenvalue weighted by Gasteiger charge is 2.30. The van der Waals surface area contributed by atoms with Crippen molar-refractivity contribution in [1.82, 2.24) is 16.0 Å². The molecule has 0 radical (unpaired) electrons. The van der Waals surface area contributed by atoms with Crippen molar-refractivity contribution in [2.24, 2.45) is 5.92 Å². The Morgan fingerprint density at radius 2 is 1.24 bits per heavy atom. The molecular weight excluding hydrogens is 521 g/mol. The maximum absolute atomic E-state index is 13.6. The summed E-state index contributed by atoms with van der Waals surface area (Å²) in [5.74, 6) is -1.52. The first-order chi connectivity index (χ1) is 19.7. The maximum Gasteiger partial charge on any atom is 0.488 e. The van der Waals surface area contributed by atoms with Gasteiger partial charge >= 0.3 is 13.1 Å². The number of amides is 2. The van der Waals surface area contributed by atoms with Crippen LogP contribution in [0.4, 0.5) is 0 Å². The van der Waals surface area contributed by atoms with Crippen LogP contribution in [0.1, 0.15) is 30.5 Å². The van der Waals surface area contributed by atoms with Crippen LogP contribution in [-0.4, -0.2) is 60.2 Å². The largest absolute Gasteiger partial charge is 0.488 e. The molecule has 0 bridgehead atoms. The Morgan fingerprint density at radius 3 is 1.73 bits per heavy atom. The lowest BCUT2D eigenvalue weighted by Gasteiger charge is -2.27. The zero-order chi connectivity index (χ0) is 29.8. The zero-order valence-electron chi connectivity index (χ0n) is 23.6. The predicted molar refractivity (Wildman–Crippen MR) is 158 cm³/mol. The van der Waals surface area contributed by atoms with Crippen LogP contribution in [0.5, 0.6) is 0 Å². The third kappa shape index (κ3) is 9.86. The molecule has 2 amide bonds. The van der Waals surface area contributed by atoms with Crippen molar-refractivity contribution < 1.29 is 29.2 Å². The number of carbonyl (C=O) groups excluding carboxylic acids is 3. The third-order valence-electron chi connectivity index (χ3n) is 6.75. The lowest BCUT2D eigenvalue weighted by atomic mass is 9.80. The average Bonchev–Trinajstić information content (AvgIpc) is 2.97. The molecule has 3 aromatic rings.